The molecule has 64 valence electrons. The molecule has 1 aromatic carbocycles. The van der Waals surface area contributed by atoms with E-state index in [1.165, 1.54) is 21.6 Å². The number of rotatable bonds is 1. The number of benzene rings is 1. The van der Waals surface area contributed by atoms with Crippen LogP contribution < -0.4 is 11.5 Å². The second-order valence-electron chi connectivity index (χ2n) is 2.33. The molecule has 0 amide bonds. The van der Waals surface area contributed by atoms with Crippen molar-refractivity contribution in [1.82, 2.24) is 0 Å². The smallest absolute Gasteiger partial charge is 0.217 e. The number of hydrogen-bond acceptors (Lipinski definition) is 2. The Morgan fingerprint density at radius 1 is 1.25 bits per heavy atom. The van der Waals surface area contributed by atoms with Crippen LogP contribution in [0.3, 0.4) is 0 Å². The van der Waals surface area contributed by atoms with E-state index in [-0.39, 0.29) is 0 Å². The summed E-state index contributed by atoms with van der Waals surface area (Å²) >= 11 is 1.27. The minimum Gasteiger partial charge on any atom is -0.397 e. The maximum absolute atomic E-state index is 5.39. The van der Waals surface area contributed by atoms with Gasteiger partial charge in [-0.05, 0) is 12.1 Å². The molecule has 0 unspecified atom stereocenters. The molecule has 0 aliphatic rings. The van der Waals surface area contributed by atoms with Crippen LogP contribution in [0.15, 0.2) is 36.9 Å². The molecule has 1 rings (SSSR count). The van der Waals surface area contributed by atoms with Crippen molar-refractivity contribution in [3.8, 4) is 0 Å². The minimum absolute atomic E-state index is 0.646. The average molecular weight is 178 g/mol. The van der Waals surface area contributed by atoms with E-state index >= 15 is 0 Å². The van der Waals surface area contributed by atoms with Crippen molar-refractivity contribution in [2.24, 2.45) is 0 Å². The lowest BCUT2D eigenvalue weighted by Crippen LogP contribution is -1.91. The van der Waals surface area contributed by atoms with E-state index in [0.717, 1.165) is 0 Å². The van der Waals surface area contributed by atoms with Gasteiger partial charge < -0.3 is 11.5 Å². The van der Waals surface area contributed by atoms with E-state index in [4.69, 9.17) is 11.5 Å². The molecule has 3 heteroatoms. The molecular weight excluding hydrogens is 163 g/mol. The molecule has 0 atom stereocenters. The molecule has 0 saturated carbocycles. The van der Waals surface area contributed by atoms with E-state index in [2.05, 4.69) is 6.58 Å². The van der Waals surface area contributed by atoms with Gasteiger partial charge in [0.05, 0.1) is 11.4 Å². The third-order valence-corrected chi connectivity index (χ3v) is 1.86. The Morgan fingerprint density at radius 3 is 1.75 bits per heavy atom. The number of nitrogen functional groups attached to an aromatic ring is 2. The Bertz CT molecular complexity index is 215. The lowest BCUT2D eigenvalue weighted by Gasteiger charge is -1.94. The van der Waals surface area contributed by atoms with Gasteiger partial charge in [-0.3, -0.25) is 0 Å². The molecular formula is C9H15AlN2. The summed E-state index contributed by atoms with van der Waals surface area (Å²) in [4.78, 5) is 0. The van der Waals surface area contributed by atoms with Crippen molar-refractivity contribution >= 4 is 27.7 Å². The van der Waals surface area contributed by atoms with E-state index in [9.17, 15) is 0 Å². The Hall–Kier alpha value is -0.908. The summed E-state index contributed by atoms with van der Waals surface area (Å²) < 4.78 is 0. The molecule has 1 aromatic rings. The second-order valence-corrected chi connectivity index (χ2v) is 3.14. The van der Waals surface area contributed by atoms with Gasteiger partial charge >= 0.3 is 0 Å². The zero-order valence-electron chi connectivity index (χ0n) is 7.46. The summed E-state index contributed by atoms with van der Waals surface area (Å²) in [5.74, 6) is 0. The first-order chi connectivity index (χ1) is 5.72. The van der Waals surface area contributed by atoms with Crippen molar-refractivity contribution < 1.29 is 0 Å². The Morgan fingerprint density at radius 2 is 1.58 bits per heavy atom. The standard InChI is InChI=1S/C6H8N2.C3H5.Al.2H/c7-5-3-1-2-4-6(5)8;1-3-2;;;/h1-4H,7-8H2;3H,1-2H2;;;. The van der Waals surface area contributed by atoms with Crippen LogP contribution in [0, 0.1) is 0 Å². The van der Waals surface area contributed by atoms with Gasteiger partial charge in [-0.1, -0.05) is 17.4 Å². The summed E-state index contributed by atoms with van der Waals surface area (Å²) in [6.07, 6.45) is 1.94. The molecule has 0 aliphatic carbocycles. The van der Waals surface area contributed by atoms with Crippen LogP contribution in [0.1, 0.15) is 0 Å². The third kappa shape index (κ3) is 4.84. The van der Waals surface area contributed by atoms with Gasteiger partial charge in [0, 0.05) is 0 Å². The Balaban J connectivity index is 0.000000261. The van der Waals surface area contributed by atoms with Crippen molar-refractivity contribution in [2.75, 3.05) is 11.5 Å². The average Bonchev–Trinajstić information content (AvgIpc) is 2.11. The predicted molar refractivity (Wildman–Crippen MR) is 58.8 cm³/mol. The summed E-state index contributed by atoms with van der Waals surface area (Å²) in [7, 11) is 0. The van der Waals surface area contributed by atoms with E-state index in [0.29, 0.717) is 11.4 Å². The SMILES string of the molecule is C=C[CH2][AlH2].Nc1ccccc1N. The summed E-state index contributed by atoms with van der Waals surface area (Å²) in [5, 5.41) is 1.22. The predicted octanol–water partition coefficient (Wildman–Crippen LogP) is 1.07. The first-order valence-electron chi connectivity index (χ1n) is 3.93. The van der Waals surface area contributed by atoms with Crippen LogP contribution in [0.5, 0.6) is 0 Å². The van der Waals surface area contributed by atoms with Crippen LogP contribution in [-0.4, -0.2) is 16.3 Å². The third-order valence-electron chi connectivity index (χ3n) is 1.28. The Labute approximate surface area is 81.7 Å². The molecule has 2 nitrogen and oxygen atoms in total. The number of hydrogen-bond donors (Lipinski definition) is 2. The summed E-state index contributed by atoms with van der Waals surface area (Å²) in [5.41, 5.74) is 12.1. The van der Waals surface area contributed by atoms with Crippen LogP contribution in [0.2, 0.25) is 5.28 Å². The van der Waals surface area contributed by atoms with Crippen molar-refractivity contribution in [3.63, 3.8) is 0 Å². The van der Waals surface area contributed by atoms with Crippen LogP contribution in [-0.2, 0) is 0 Å². The topological polar surface area (TPSA) is 52.0 Å². The van der Waals surface area contributed by atoms with Gasteiger partial charge in [-0.2, -0.15) is 0 Å². The molecule has 0 aliphatic heterocycles. The monoisotopic (exact) mass is 178 g/mol. The molecule has 0 bridgehead atoms. The lowest BCUT2D eigenvalue weighted by molar-refractivity contribution is 1.67. The lowest BCUT2D eigenvalue weighted by atomic mass is 10.3. The zero-order valence-corrected chi connectivity index (χ0v) is 9.46. The maximum Gasteiger partial charge on any atom is 0.217 e. The maximum atomic E-state index is 5.39. The molecule has 0 heterocycles. The second kappa shape index (κ2) is 6.78. The van der Waals surface area contributed by atoms with Crippen LogP contribution >= 0.6 is 0 Å². The fourth-order valence-corrected chi connectivity index (χ4v) is 0.511. The van der Waals surface area contributed by atoms with E-state index in [1.807, 2.05) is 18.2 Å². The van der Waals surface area contributed by atoms with Gasteiger partial charge in [0.25, 0.3) is 0 Å². The first kappa shape index (κ1) is 11.1. The van der Waals surface area contributed by atoms with Crippen molar-refractivity contribution in [2.45, 2.75) is 5.28 Å². The molecule has 0 spiro atoms. The molecule has 0 radical (unpaired) electrons. The highest BCUT2D eigenvalue weighted by Gasteiger charge is 1.85. The normalized spacial score (nSPS) is 8.00. The minimum atomic E-state index is 0.646. The van der Waals surface area contributed by atoms with Gasteiger partial charge in [0.2, 0.25) is 16.3 Å². The van der Waals surface area contributed by atoms with Crippen LogP contribution in [0.25, 0.3) is 0 Å². The van der Waals surface area contributed by atoms with E-state index in [1.54, 1.807) is 12.1 Å². The number of allylic oxidation sites excluding steroid dienone is 1. The zero-order chi connectivity index (χ0) is 9.40. The first-order valence-corrected chi connectivity index (χ1v) is 5.34. The highest BCUT2D eigenvalue weighted by atomic mass is 27.0. The molecule has 0 saturated heterocycles. The molecule has 12 heavy (non-hydrogen) atoms. The molecule has 0 fully saturated rings. The summed E-state index contributed by atoms with van der Waals surface area (Å²) in [6, 6.07) is 7.25. The van der Waals surface area contributed by atoms with Crippen LogP contribution in [0.4, 0.5) is 11.4 Å². The highest BCUT2D eigenvalue weighted by molar-refractivity contribution is 6.09. The fourth-order valence-electron chi connectivity index (χ4n) is 0.511. The quantitative estimate of drug-likeness (QED) is 0.384. The number of anilines is 2. The Kier molecular flexibility index (Phi) is 6.27. The van der Waals surface area contributed by atoms with Crippen molar-refractivity contribution in [1.29, 1.82) is 0 Å². The fraction of sp³-hybridized carbons (Fsp3) is 0.111. The van der Waals surface area contributed by atoms with Gasteiger partial charge in [-0.25, -0.2) is 0 Å². The highest BCUT2D eigenvalue weighted by Crippen LogP contribution is 2.10. The molecule has 4 N–H and O–H groups in total. The van der Waals surface area contributed by atoms with Gasteiger partial charge in [-0.15, -0.1) is 12.7 Å². The number of para-hydroxylation sites is 2. The molecule has 0 aromatic heterocycles. The number of nitrogens with two attached hydrogens (primary N) is 2. The van der Waals surface area contributed by atoms with Crippen molar-refractivity contribution in [3.05, 3.63) is 36.9 Å². The summed E-state index contributed by atoms with van der Waals surface area (Å²) in [6.45, 7) is 3.51. The van der Waals surface area contributed by atoms with Gasteiger partial charge in [0.1, 0.15) is 0 Å². The van der Waals surface area contributed by atoms with Gasteiger partial charge in [0.15, 0.2) is 0 Å². The van der Waals surface area contributed by atoms with E-state index < -0.39 is 0 Å². The largest absolute Gasteiger partial charge is 0.397 e.